The van der Waals surface area contributed by atoms with Crippen molar-refractivity contribution in [2.75, 3.05) is 32.8 Å². The Morgan fingerprint density at radius 1 is 1.40 bits per heavy atom. The molecule has 0 aromatic carbocycles. The third-order valence-electron chi connectivity index (χ3n) is 1.84. The van der Waals surface area contributed by atoms with E-state index in [1.807, 2.05) is 11.8 Å². The minimum Gasteiger partial charge on any atom is -0.303 e. The highest BCUT2D eigenvalue weighted by Gasteiger charge is 2.13. The van der Waals surface area contributed by atoms with Crippen molar-refractivity contribution in [1.82, 2.24) is 4.90 Å². The topological polar surface area (TPSA) is 99.4 Å². The molecule has 0 saturated heterocycles. The van der Waals surface area contributed by atoms with Crippen LogP contribution in [0, 0.1) is 4.91 Å². The first-order valence-electron chi connectivity index (χ1n) is 4.71. The fourth-order valence-electron chi connectivity index (χ4n) is 1.08. The molecule has 0 bridgehead atoms. The predicted molar refractivity (Wildman–Crippen MR) is 55.4 cm³/mol. The molecule has 0 amide bonds. The number of hydrogen-bond donors (Lipinski definition) is 2. The number of likely N-dealkylation sites (N-methyl/N-ethyl adjacent to an activating group) is 1. The molecule has 0 rings (SSSR count). The molecule has 0 atom stereocenters. The van der Waals surface area contributed by atoms with Crippen molar-refractivity contribution in [2.45, 2.75) is 13.3 Å². The molecule has 0 aromatic rings. The van der Waals surface area contributed by atoms with Gasteiger partial charge in [0.25, 0.3) is 0 Å². The largest absolute Gasteiger partial charge is 0.469 e. The first kappa shape index (κ1) is 14.7. The highest BCUT2D eigenvalue weighted by molar-refractivity contribution is 7.46. The lowest BCUT2D eigenvalue weighted by atomic mass is 10.4. The van der Waals surface area contributed by atoms with E-state index in [1.54, 1.807) is 0 Å². The summed E-state index contributed by atoms with van der Waals surface area (Å²) < 4.78 is 14.7. The minimum atomic E-state index is -4.36. The SMILES string of the molecule is CCN(CCCN=O)CCOP(=O)(O)O. The van der Waals surface area contributed by atoms with E-state index < -0.39 is 7.82 Å². The van der Waals surface area contributed by atoms with Gasteiger partial charge in [-0.3, -0.25) is 4.52 Å². The van der Waals surface area contributed by atoms with Crippen LogP contribution in [0.4, 0.5) is 0 Å². The Kier molecular flexibility index (Phi) is 7.72. The highest BCUT2D eigenvalue weighted by atomic mass is 31.2. The smallest absolute Gasteiger partial charge is 0.303 e. The van der Waals surface area contributed by atoms with Gasteiger partial charge in [-0.15, -0.1) is 0 Å². The zero-order chi connectivity index (χ0) is 11.7. The van der Waals surface area contributed by atoms with Gasteiger partial charge < -0.3 is 14.7 Å². The summed E-state index contributed by atoms with van der Waals surface area (Å²) >= 11 is 0. The molecule has 90 valence electrons. The fourth-order valence-corrected chi connectivity index (χ4v) is 1.40. The second kappa shape index (κ2) is 7.90. The van der Waals surface area contributed by atoms with E-state index in [9.17, 15) is 9.47 Å². The van der Waals surface area contributed by atoms with E-state index >= 15 is 0 Å². The van der Waals surface area contributed by atoms with Crippen LogP contribution in [0.3, 0.4) is 0 Å². The standard InChI is InChI=1S/C7H17N2O5P/c1-2-9(5-3-4-8-10)6-7-14-15(11,12)13/h2-7H2,1H3,(H2,11,12,13). The van der Waals surface area contributed by atoms with Crippen molar-refractivity contribution in [3.63, 3.8) is 0 Å². The molecule has 8 heteroatoms. The summed E-state index contributed by atoms with van der Waals surface area (Å²) in [7, 11) is -4.36. The molecule has 0 aliphatic rings. The van der Waals surface area contributed by atoms with Crippen LogP contribution in [0.2, 0.25) is 0 Å². The Hall–Kier alpha value is -0.330. The molecule has 0 aromatic heterocycles. The maximum Gasteiger partial charge on any atom is 0.469 e. The fraction of sp³-hybridized carbons (Fsp3) is 1.00. The van der Waals surface area contributed by atoms with Gasteiger partial charge in [0.05, 0.1) is 13.2 Å². The van der Waals surface area contributed by atoms with Crippen LogP contribution in [0.1, 0.15) is 13.3 Å². The van der Waals surface area contributed by atoms with Crippen molar-refractivity contribution >= 4 is 7.82 Å². The van der Waals surface area contributed by atoms with Crippen LogP contribution in [0.25, 0.3) is 0 Å². The molecular formula is C7H17N2O5P. The van der Waals surface area contributed by atoms with E-state index in [0.717, 1.165) is 6.54 Å². The molecule has 2 N–H and O–H groups in total. The van der Waals surface area contributed by atoms with Crippen LogP contribution >= 0.6 is 7.82 Å². The molecule has 0 saturated carbocycles. The van der Waals surface area contributed by atoms with Crippen molar-refractivity contribution in [3.05, 3.63) is 4.91 Å². The van der Waals surface area contributed by atoms with E-state index in [1.165, 1.54) is 0 Å². The summed E-state index contributed by atoms with van der Waals surface area (Å²) in [4.78, 5) is 28.6. The summed E-state index contributed by atoms with van der Waals surface area (Å²) in [6.07, 6.45) is 0.646. The Bertz CT molecular complexity index is 219. The molecule has 0 heterocycles. The molecule has 0 fully saturated rings. The maximum atomic E-state index is 10.4. The van der Waals surface area contributed by atoms with Crippen LogP contribution in [-0.4, -0.2) is 47.5 Å². The Morgan fingerprint density at radius 2 is 2.07 bits per heavy atom. The van der Waals surface area contributed by atoms with Gasteiger partial charge in [0.1, 0.15) is 0 Å². The molecular weight excluding hydrogens is 223 g/mol. The van der Waals surface area contributed by atoms with Crippen LogP contribution in [0.15, 0.2) is 5.18 Å². The van der Waals surface area contributed by atoms with E-state index in [2.05, 4.69) is 9.70 Å². The van der Waals surface area contributed by atoms with Crippen molar-refractivity contribution in [2.24, 2.45) is 5.18 Å². The number of phosphoric acid groups is 1. The van der Waals surface area contributed by atoms with Gasteiger partial charge in [-0.25, -0.2) is 4.57 Å². The number of nitrogens with zero attached hydrogens (tertiary/aromatic N) is 2. The molecule has 0 unspecified atom stereocenters. The number of hydrogen-bond acceptors (Lipinski definition) is 5. The monoisotopic (exact) mass is 240 g/mol. The van der Waals surface area contributed by atoms with Gasteiger partial charge >= 0.3 is 7.82 Å². The zero-order valence-electron chi connectivity index (χ0n) is 8.70. The van der Waals surface area contributed by atoms with Gasteiger partial charge in [0.2, 0.25) is 0 Å². The van der Waals surface area contributed by atoms with Gasteiger partial charge in [-0.05, 0) is 13.0 Å². The van der Waals surface area contributed by atoms with E-state index in [4.69, 9.17) is 9.79 Å². The summed E-state index contributed by atoms with van der Waals surface area (Å²) in [5, 5.41) is 2.73. The molecule has 0 radical (unpaired) electrons. The van der Waals surface area contributed by atoms with Gasteiger partial charge in [-0.2, -0.15) is 4.91 Å². The van der Waals surface area contributed by atoms with Crippen molar-refractivity contribution in [1.29, 1.82) is 0 Å². The lowest BCUT2D eigenvalue weighted by Crippen LogP contribution is -2.28. The first-order chi connectivity index (χ1) is 6.99. The molecule has 0 aliphatic heterocycles. The van der Waals surface area contributed by atoms with Crippen molar-refractivity contribution in [3.8, 4) is 0 Å². The van der Waals surface area contributed by atoms with E-state index in [0.29, 0.717) is 19.5 Å². The first-order valence-corrected chi connectivity index (χ1v) is 6.24. The summed E-state index contributed by atoms with van der Waals surface area (Å²) in [5.41, 5.74) is 0. The van der Waals surface area contributed by atoms with Crippen molar-refractivity contribution < 1.29 is 18.9 Å². The summed E-state index contributed by atoms with van der Waals surface area (Å²) in [6, 6.07) is 0. The van der Waals surface area contributed by atoms with Gasteiger partial charge in [-0.1, -0.05) is 12.1 Å². The number of rotatable bonds is 9. The summed E-state index contributed by atoms with van der Waals surface area (Å²) in [6.45, 7) is 4.00. The Morgan fingerprint density at radius 3 is 2.53 bits per heavy atom. The maximum absolute atomic E-state index is 10.4. The normalized spacial score (nSPS) is 12.0. The average Bonchev–Trinajstić information content (AvgIpc) is 2.14. The average molecular weight is 240 g/mol. The minimum absolute atomic E-state index is 0.0212. The highest BCUT2D eigenvalue weighted by Crippen LogP contribution is 2.35. The lowest BCUT2D eigenvalue weighted by molar-refractivity contribution is 0.163. The second-order valence-electron chi connectivity index (χ2n) is 2.96. The number of phosphoric ester groups is 1. The Balaban J connectivity index is 3.61. The van der Waals surface area contributed by atoms with Gasteiger partial charge in [0.15, 0.2) is 0 Å². The second-order valence-corrected chi connectivity index (χ2v) is 4.20. The number of nitroso groups, excluding NO2 is 1. The van der Waals surface area contributed by atoms with Crippen LogP contribution < -0.4 is 0 Å². The molecule has 15 heavy (non-hydrogen) atoms. The molecule has 0 aliphatic carbocycles. The lowest BCUT2D eigenvalue weighted by Gasteiger charge is -2.19. The molecule has 7 nitrogen and oxygen atoms in total. The van der Waals surface area contributed by atoms with Crippen LogP contribution in [0.5, 0.6) is 0 Å². The molecule has 0 spiro atoms. The zero-order valence-corrected chi connectivity index (χ0v) is 9.60. The third kappa shape index (κ3) is 9.96. The van der Waals surface area contributed by atoms with Gasteiger partial charge in [0, 0.05) is 13.1 Å². The quantitative estimate of drug-likeness (QED) is 0.347. The predicted octanol–water partition coefficient (Wildman–Crippen LogP) is 0.574. The van der Waals surface area contributed by atoms with E-state index in [-0.39, 0.29) is 13.2 Å². The van der Waals surface area contributed by atoms with Crippen LogP contribution in [-0.2, 0) is 9.09 Å². The Labute approximate surface area is 88.6 Å². The summed E-state index contributed by atoms with van der Waals surface area (Å²) in [5.74, 6) is 0. The third-order valence-corrected chi connectivity index (χ3v) is 2.36.